The summed E-state index contributed by atoms with van der Waals surface area (Å²) in [7, 11) is 0. The zero-order chi connectivity index (χ0) is 26.0. The average molecular weight is 501 g/mol. The summed E-state index contributed by atoms with van der Waals surface area (Å²) in [5, 5.41) is 11.2. The molecule has 6 heteroatoms. The van der Waals surface area contributed by atoms with Crippen molar-refractivity contribution in [2.24, 2.45) is 23.2 Å². The number of aliphatic hydroxyl groups is 1. The van der Waals surface area contributed by atoms with E-state index in [9.17, 15) is 9.90 Å². The number of rotatable bonds is 5. The van der Waals surface area contributed by atoms with Gasteiger partial charge < -0.3 is 24.1 Å². The summed E-state index contributed by atoms with van der Waals surface area (Å²) in [4.78, 5) is 11.8. The van der Waals surface area contributed by atoms with Crippen molar-refractivity contribution in [2.45, 2.75) is 109 Å². The van der Waals surface area contributed by atoms with E-state index in [2.05, 4.69) is 33.4 Å². The minimum absolute atomic E-state index is 0.0629. The Morgan fingerprint density at radius 3 is 2.50 bits per heavy atom. The van der Waals surface area contributed by atoms with Crippen molar-refractivity contribution in [3.63, 3.8) is 0 Å². The second-order valence-corrected chi connectivity index (χ2v) is 13.1. The number of allylic oxidation sites excluding steroid dienone is 2. The zero-order valence-electron chi connectivity index (χ0n) is 22.7. The molecular formula is C30H44O6. The van der Waals surface area contributed by atoms with Crippen LogP contribution >= 0.6 is 0 Å². The lowest BCUT2D eigenvalue weighted by Gasteiger charge is -2.66. The Morgan fingerprint density at radius 2 is 1.86 bits per heavy atom. The Morgan fingerprint density at radius 1 is 1.08 bits per heavy atom. The average Bonchev–Trinajstić information content (AvgIpc) is 3.20. The third kappa shape index (κ3) is 4.13. The van der Waals surface area contributed by atoms with Crippen LogP contribution in [-0.4, -0.2) is 47.1 Å². The molecule has 5 aliphatic heterocycles. The Bertz CT molecular complexity index is 968. The van der Waals surface area contributed by atoms with Crippen molar-refractivity contribution in [1.82, 2.24) is 0 Å². The van der Waals surface area contributed by atoms with Gasteiger partial charge in [0.05, 0.1) is 12.2 Å². The molecule has 0 amide bonds. The van der Waals surface area contributed by atoms with Crippen LogP contribution in [0.4, 0.5) is 0 Å². The van der Waals surface area contributed by atoms with Crippen LogP contribution in [-0.2, 0) is 23.7 Å². The van der Waals surface area contributed by atoms with Gasteiger partial charge in [-0.2, -0.15) is 0 Å². The van der Waals surface area contributed by atoms with Gasteiger partial charge in [0.25, 0.3) is 0 Å². The van der Waals surface area contributed by atoms with Crippen LogP contribution in [0.15, 0.2) is 36.0 Å². The number of ether oxygens (including phenoxy) is 4. The third-order valence-corrected chi connectivity index (χ3v) is 10.2. The van der Waals surface area contributed by atoms with Crippen LogP contribution in [0.1, 0.15) is 86.0 Å². The molecule has 0 aromatic heterocycles. The van der Waals surface area contributed by atoms with Crippen molar-refractivity contribution >= 4 is 5.97 Å². The molecule has 5 fully saturated rings. The molecular weight excluding hydrogens is 456 g/mol. The normalized spacial score (nSPS) is 43.7. The second kappa shape index (κ2) is 8.79. The highest BCUT2D eigenvalue weighted by atomic mass is 16.8. The minimum Gasteiger partial charge on any atom is -0.458 e. The number of cyclic esters (lactones) is 1. The lowest BCUT2D eigenvalue weighted by molar-refractivity contribution is -0.522. The number of hydrogen-bond acceptors (Lipinski definition) is 6. The molecule has 4 saturated heterocycles. The Balaban J connectivity index is 1.19. The van der Waals surface area contributed by atoms with Gasteiger partial charge in [0.2, 0.25) is 5.79 Å². The van der Waals surface area contributed by atoms with E-state index in [0.29, 0.717) is 37.0 Å². The molecule has 200 valence electrons. The highest BCUT2D eigenvalue weighted by Gasteiger charge is 2.71. The van der Waals surface area contributed by atoms with Crippen LogP contribution in [0.2, 0.25) is 0 Å². The first-order chi connectivity index (χ1) is 16.8. The molecule has 0 aromatic rings. The number of fused-ring (bicyclic) bond motifs is 2. The van der Waals surface area contributed by atoms with Gasteiger partial charge in [-0.3, -0.25) is 0 Å². The highest BCUT2D eigenvalue weighted by molar-refractivity contribution is 5.93. The van der Waals surface area contributed by atoms with E-state index in [-0.39, 0.29) is 17.3 Å². The maximum Gasteiger partial charge on any atom is 0.338 e. The van der Waals surface area contributed by atoms with Crippen molar-refractivity contribution in [3.8, 4) is 0 Å². The van der Waals surface area contributed by atoms with E-state index in [1.54, 1.807) is 0 Å². The molecule has 6 nitrogen and oxygen atoms in total. The topological polar surface area (TPSA) is 74.2 Å². The SMILES string of the molecule is C=C1CC[C@@H](CC[C@@H]2CC[C@]3(OC2)O[C@@]2(O)CC[C@]3(C)OC2(C)C)C(C)(C)[C@H]1/C=C\C1=CCOC1=O. The monoisotopic (exact) mass is 500 g/mol. The minimum atomic E-state index is -1.31. The molecule has 2 bridgehead atoms. The standard InChI is InChI=1S/C30H44O6/c1-20-7-10-23(26(2,3)24(20)12-9-22-14-18-33-25(22)31)11-8-21-13-15-30(34-19-21)28(6)16-17-29(32,36-30)27(4,5)35-28/h9,12,14,21,23-24,32H,1,7-8,10-11,13,15-19H2,2-6H3/b12-9-/t21-,23+,24+,28+,29+,30+/m1/s1. The largest absolute Gasteiger partial charge is 0.458 e. The number of hydrogen-bond donors (Lipinski definition) is 1. The molecule has 0 aromatic carbocycles. The number of carbonyl (C=O) groups excluding carboxylic acids is 1. The van der Waals surface area contributed by atoms with E-state index >= 15 is 0 Å². The highest BCUT2D eigenvalue weighted by Crippen LogP contribution is 2.59. The predicted octanol–water partition coefficient (Wildman–Crippen LogP) is 5.60. The molecule has 1 N–H and O–H groups in total. The van der Waals surface area contributed by atoms with Gasteiger partial charge in [0.1, 0.15) is 17.8 Å². The summed E-state index contributed by atoms with van der Waals surface area (Å²) < 4.78 is 24.3. The molecule has 6 aliphatic rings. The molecule has 36 heavy (non-hydrogen) atoms. The second-order valence-electron chi connectivity index (χ2n) is 13.1. The van der Waals surface area contributed by atoms with E-state index in [1.165, 1.54) is 5.57 Å². The molecule has 6 rings (SSSR count). The summed E-state index contributed by atoms with van der Waals surface area (Å²) in [5.74, 6) is -1.12. The summed E-state index contributed by atoms with van der Waals surface area (Å²) in [6.45, 7) is 16.0. The van der Waals surface area contributed by atoms with Crippen molar-refractivity contribution in [3.05, 3.63) is 36.0 Å². The fraction of sp³-hybridized carbons (Fsp3) is 0.767. The lowest BCUT2D eigenvalue weighted by Crippen LogP contribution is -2.78. The van der Waals surface area contributed by atoms with Crippen LogP contribution in [0.3, 0.4) is 0 Å². The van der Waals surface area contributed by atoms with Crippen molar-refractivity contribution in [1.29, 1.82) is 0 Å². The fourth-order valence-corrected chi connectivity index (χ4v) is 7.47. The summed E-state index contributed by atoms with van der Waals surface area (Å²) >= 11 is 0. The first-order valence-corrected chi connectivity index (χ1v) is 13.8. The van der Waals surface area contributed by atoms with E-state index < -0.39 is 22.8 Å². The lowest BCUT2D eigenvalue weighted by atomic mass is 9.59. The predicted molar refractivity (Wildman–Crippen MR) is 137 cm³/mol. The molecule has 0 radical (unpaired) electrons. The van der Waals surface area contributed by atoms with Gasteiger partial charge >= 0.3 is 5.97 Å². The zero-order valence-corrected chi connectivity index (χ0v) is 22.7. The van der Waals surface area contributed by atoms with Crippen molar-refractivity contribution < 1.29 is 28.8 Å². The maximum absolute atomic E-state index is 11.8. The van der Waals surface area contributed by atoms with E-state index in [1.807, 2.05) is 26.0 Å². The van der Waals surface area contributed by atoms with Crippen molar-refractivity contribution in [2.75, 3.05) is 13.2 Å². The molecule has 1 spiro atoms. The molecule has 5 heterocycles. The summed E-state index contributed by atoms with van der Waals surface area (Å²) in [6, 6.07) is 0. The van der Waals surface area contributed by atoms with Crippen LogP contribution in [0.25, 0.3) is 0 Å². The van der Waals surface area contributed by atoms with Gasteiger partial charge in [-0.25, -0.2) is 4.79 Å². The van der Waals surface area contributed by atoms with Crippen LogP contribution < -0.4 is 0 Å². The van der Waals surface area contributed by atoms with Gasteiger partial charge in [-0.15, -0.1) is 0 Å². The number of carbonyl (C=O) groups is 1. The smallest absolute Gasteiger partial charge is 0.338 e. The van der Waals surface area contributed by atoms with Gasteiger partial charge in [-0.1, -0.05) is 38.2 Å². The molecule has 1 aliphatic carbocycles. The summed E-state index contributed by atoms with van der Waals surface area (Å²) in [6.07, 6.45) is 13.4. The van der Waals surface area contributed by atoms with Crippen LogP contribution in [0, 0.1) is 23.2 Å². The van der Waals surface area contributed by atoms with E-state index in [0.717, 1.165) is 44.9 Å². The van der Waals surface area contributed by atoms with Gasteiger partial charge in [0.15, 0.2) is 5.79 Å². The Hall–Kier alpha value is -1.47. The third-order valence-electron chi connectivity index (χ3n) is 10.2. The van der Waals surface area contributed by atoms with Gasteiger partial charge in [0, 0.05) is 18.8 Å². The molecule has 6 atom stereocenters. The Kier molecular flexibility index (Phi) is 6.39. The number of esters is 1. The fourth-order valence-electron chi connectivity index (χ4n) is 7.47. The van der Waals surface area contributed by atoms with Gasteiger partial charge in [-0.05, 0) is 82.6 Å². The first-order valence-electron chi connectivity index (χ1n) is 13.8. The molecule has 0 unspecified atom stereocenters. The summed E-state index contributed by atoms with van der Waals surface area (Å²) in [5.41, 5.74) is 0.674. The quantitative estimate of drug-likeness (QED) is 0.391. The first kappa shape index (κ1) is 26.1. The maximum atomic E-state index is 11.8. The Labute approximate surface area is 216 Å². The molecule has 1 saturated carbocycles. The van der Waals surface area contributed by atoms with E-state index in [4.69, 9.17) is 18.9 Å². The van der Waals surface area contributed by atoms with Crippen LogP contribution in [0.5, 0.6) is 0 Å².